The maximum Gasteiger partial charge on any atom is -0.0323 e. The molecule has 0 radical (unpaired) electrons. The molecule has 0 spiro atoms. The van der Waals surface area contributed by atoms with Gasteiger partial charge in [-0.25, -0.2) is 0 Å². The van der Waals surface area contributed by atoms with Crippen molar-refractivity contribution in [2.45, 2.75) is 66.2 Å². The molecule has 0 bridgehead atoms. The largest absolute Gasteiger partial charge is 0.0917 e. The Morgan fingerprint density at radius 1 is 1.15 bits per heavy atom. The van der Waals surface area contributed by atoms with Crippen molar-refractivity contribution < 1.29 is 0 Å². The predicted molar refractivity (Wildman–Crippen MR) is 62.0 cm³/mol. The standard InChI is InChI=1S/C11H20.C2H6/c1-3-4-5-8-11(2)9-6-7-10-11;1-2/h3-4H,5-10H2,1-2H3;1-2H3/b4-3+;. The van der Waals surface area contributed by atoms with Gasteiger partial charge < -0.3 is 0 Å². The maximum absolute atomic E-state index is 2.45. The van der Waals surface area contributed by atoms with Gasteiger partial charge in [0.15, 0.2) is 0 Å². The summed E-state index contributed by atoms with van der Waals surface area (Å²) in [5.74, 6) is 0. The lowest BCUT2D eigenvalue weighted by molar-refractivity contribution is 0.311. The highest BCUT2D eigenvalue weighted by Crippen LogP contribution is 2.41. The molecule has 1 fully saturated rings. The van der Waals surface area contributed by atoms with E-state index in [9.17, 15) is 0 Å². The average molecular weight is 182 g/mol. The van der Waals surface area contributed by atoms with Crippen molar-refractivity contribution in [1.82, 2.24) is 0 Å². The first-order valence-corrected chi connectivity index (χ1v) is 5.88. The second kappa shape index (κ2) is 7.17. The Morgan fingerprint density at radius 2 is 1.69 bits per heavy atom. The molecule has 0 aliphatic heterocycles. The summed E-state index contributed by atoms with van der Waals surface area (Å²) in [6.45, 7) is 8.56. The highest BCUT2D eigenvalue weighted by molar-refractivity contribution is 4.85. The van der Waals surface area contributed by atoms with E-state index in [1.54, 1.807) is 0 Å². The number of allylic oxidation sites excluding steroid dienone is 2. The van der Waals surface area contributed by atoms with Crippen molar-refractivity contribution in [2.24, 2.45) is 5.41 Å². The van der Waals surface area contributed by atoms with Crippen LogP contribution in [0, 0.1) is 5.41 Å². The monoisotopic (exact) mass is 182 g/mol. The van der Waals surface area contributed by atoms with Gasteiger partial charge in [-0.05, 0) is 38.0 Å². The average Bonchev–Trinajstić information content (AvgIpc) is 2.57. The zero-order chi connectivity index (χ0) is 10.2. The predicted octanol–water partition coefficient (Wildman–Crippen LogP) is 4.95. The molecule has 0 atom stereocenters. The molecule has 1 rings (SSSR count). The lowest BCUT2D eigenvalue weighted by Crippen LogP contribution is -2.09. The molecule has 0 aromatic carbocycles. The van der Waals surface area contributed by atoms with Crippen LogP contribution in [0.15, 0.2) is 12.2 Å². The van der Waals surface area contributed by atoms with Crippen LogP contribution < -0.4 is 0 Å². The van der Waals surface area contributed by atoms with Crippen molar-refractivity contribution in [3.63, 3.8) is 0 Å². The Kier molecular flexibility index (Phi) is 7.03. The minimum absolute atomic E-state index is 0.694. The van der Waals surface area contributed by atoms with Crippen LogP contribution in [-0.4, -0.2) is 0 Å². The van der Waals surface area contributed by atoms with Gasteiger partial charge in [0.05, 0.1) is 0 Å². The topological polar surface area (TPSA) is 0 Å². The minimum atomic E-state index is 0.694. The van der Waals surface area contributed by atoms with Crippen molar-refractivity contribution in [3.8, 4) is 0 Å². The van der Waals surface area contributed by atoms with Gasteiger partial charge >= 0.3 is 0 Å². The molecule has 13 heavy (non-hydrogen) atoms. The van der Waals surface area contributed by atoms with Crippen molar-refractivity contribution >= 4 is 0 Å². The molecule has 0 N–H and O–H groups in total. The van der Waals surface area contributed by atoms with Crippen LogP contribution in [0.1, 0.15) is 66.2 Å². The second-order valence-electron chi connectivity index (χ2n) is 4.13. The highest BCUT2D eigenvalue weighted by Gasteiger charge is 2.27. The van der Waals surface area contributed by atoms with Crippen molar-refractivity contribution in [3.05, 3.63) is 12.2 Å². The molecule has 0 unspecified atom stereocenters. The van der Waals surface area contributed by atoms with Gasteiger partial charge in [-0.1, -0.05) is 45.8 Å². The van der Waals surface area contributed by atoms with Crippen LogP contribution in [0.25, 0.3) is 0 Å². The first kappa shape index (κ1) is 12.7. The Morgan fingerprint density at radius 3 is 2.15 bits per heavy atom. The van der Waals surface area contributed by atoms with E-state index in [-0.39, 0.29) is 0 Å². The van der Waals surface area contributed by atoms with E-state index in [2.05, 4.69) is 26.0 Å². The summed E-state index contributed by atoms with van der Waals surface area (Å²) in [5.41, 5.74) is 0.694. The summed E-state index contributed by atoms with van der Waals surface area (Å²) in [4.78, 5) is 0. The molecule has 0 nitrogen and oxygen atoms in total. The SMILES string of the molecule is C/C=C/CCC1(C)CCCC1.CC. The third kappa shape index (κ3) is 5.13. The van der Waals surface area contributed by atoms with E-state index in [4.69, 9.17) is 0 Å². The molecule has 1 aliphatic rings. The van der Waals surface area contributed by atoms with E-state index in [0.717, 1.165) is 0 Å². The van der Waals surface area contributed by atoms with Crippen LogP contribution in [0.5, 0.6) is 0 Å². The molecule has 0 heteroatoms. The first-order valence-electron chi connectivity index (χ1n) is 5.88. The molecule has 1 saturated carbocycles. The molecule has 0 aromatic heterocycles. The maximum atomic E-state index is 2.45. The van der Waals surface area contributed by atoms with Gasteiger partial charge in [-0.15, -0.1) is 0 Å². The van der Waals surface area contributed by atoms with Crippen molar-refractivity contribution in [1.29, 1.82) is 0 Å². The van der Waals surface area contributed by atoms with E-state index < -0.39 is 0 Å². The van der Waals surface area contributed by atoms with E-state index >= 15 is 0 Å². The minimum Gasteiger partial charge on any atom is -0.0917 e. The molecule has 1 aliphatic carbocycles. The third-order valence-electron chi connectivity index (χ3n) is 2.96. The van der Waals surface area contributed by atoms with Crippen LogP contribution >= 0.6 is 0 Å². The highest BCUT2D eigenvalue weighted by atomic mass is 14.3. The quantitative estimate of drug-likeness (QED) is 0.542. The van der Waals surface area contributed by atoms with Gasteiger partial charge in [0.1, 0.15) is 0 Å². The van der Waals surface area contributed by atoms with Gasteiger partial charge in [-0.3, -0.25) is 0 Å². The van der Waals surface area contributed by atoms with E-state index in [1.807, 2.05) is 13.8 Å². The van der Waals surface area contributed by atoms with Crippen LogP contribution in [0.4, 0.5) is 0 Å². The van der Waals surface area contributed by atoms with Gasteiger partial charge in [0.2, 0.25) is 0 Å². The van der Waals surface area contributed by atoms with Crippen LogP contribution in [0.2, 0.25) is 0 Å². The molecule has 0 heterocycles. The summed E-state index contributed by atoms with van der Waals surface area (Å²) in [7, 11) is 0. The summed E-state index contributed by atoms with van der Waals surface area (Å²) < 4.78 is 0. The summed E-state index contributed by atoms with van der Waals surface area (Å²) >= 11 is 0. The zero-order valence-corrected chi connectivity index (χ0v) is 9.90. The molecule has 0 amide bonds. The Bertz CT molecular complexity index is 127. The summed E-state index contributed by atoms with van der Waals surface area (Å²) in [5, 5.41) is 0. The fraction of sp³-hybridized carbons (Fsp3) is 0.846. The Hall–Kier alpha value is -0.260. The normalized spacial score (nSPS) is 20.0. The second-order valence-corrected chi connectivity index (χ2v) is 4.13. The van der Waals surface area contributed by atoms with E-state index in [0.29, 0.717) is 5.41 Å². The Labute approximate surface area is 84.4 Å². The number of hydrogen-bond donors (Lipinski definition) is 0. The van der Waals surface area contributed by atoms with E-state index in [1.165, 1.54) is 38.5 Å². The van der Waals surface area contributed by atoms with Gasteiger partial charge in [-0.2, -0.15) is 0 Å². The zero-order valence-electron chi connectivity index (χ0n) is 9.90. The number of rotatable bonds is 3. The molecular formula is C13H26. The lowest BCUT2D eigenvalue weighted by Gasteiger charge is -2.22. The fourth-order valence-corrected chi connectivity index (χ4v) is 2.08. The number of hydrogen-bond acceptors (Lipinski definition) is 0. The smallest absolute Gasteiger partial charge is 0.0323 e. The lowest BCUT2D eigenvalue weighted by atomic mass is 9.84. The summed E-state index contributed by atoms with van der Waals surface area (Å²) in [6, 6.07) is 0. The van der Waals surface area contributed by atoms with Crippen molar-refractivity contribution in [2.75, 3.05) is 0 Å². The molecular weight excluding hydrogens is 156 g/mol. The molecule has 0 saturated heterocycles. The van der Waals surface area contributed by atoms with Crippen LogP contribution in [-0.2, 0) is 0 Å². The third-order valence-corrected chi connectivity index (χ3v) is 2.96. The molecule has 0 aromatic rings. The molecule has 78 valence electrons. The van der Waals surface area contributed by atoms with Crippen LogP contribution in [0.3, 0.4) is 0 Å². The fourth-order valence-electron chi connectivity index (χ4n) is 2.08. The van der Waals surface area contributed by atoms with Gasteiger partial charge in [0, 0.05) is 0 Å². The van der Waals surface area contributed by atoms with Gasteiger partial charge in [0.25, 0.3) is 0 Å². The summed E-state index contributed by atoms with van der Waals surface area (Å²) in [6.07, 6.45) is 13.0. The Balaban J connectivity index is 0.000000671. The first-order chi connectivity index (χ1) is 6.27.